The topological polar surface area (TPSA) is 17.0 Å². The van der Waals surface area contributed by atoms with Crippen LogP contribution in [0.2, 0.25) is 0 Å². The molecular formula is C27H28Cl2N2O. The Hall–Kier alpha value is -2.88. The summed E-state index contributed by atoms with van der Waals surface area (Å²) in [6.07, 6.45) is 10.6. The minimum Gasteiger partial charge on any atom is -1.00 e. The van der Waals surface area contributed by atoms with Gasteiger partial charge in [-0.25, -0.2) is 0 Å². The molecule has 0 bridgehead atoms. The highest BCUT2D eigenvalue weighted by atomic mass is 35.5. The Balaban J connectivity index is 0.00000181. The van der Waals surface area contributed by atoms with Crippen molar-refractivity contribution < 1.29 is 38.7 Å². The van der Waals surface area contributed by atoms with Crippen LogP contribution in [0, 0.1) is 6.92 Å². The number of hydrogen-bond donors (Lipinski definition) is 0. The molecule has 32 heavy (non-hydrogen) atoms. The number of pyridine rings is 2. The van der Waals surface area contributed by atoms with Crippen molar-refractivity contribution in [3.05, 3.63) is 103 Å². The van der Waals surface area contributed by atoms with Crippen LogP contribution in [-0.2, 0) is 0 Å². The van der Waals surface area contributed by atoms with Gasteiger partial charge in [0.1, 0.15) is 0 Å². The quantitative estimate of drug-likeness (QED) is 0.262. The molecule has 0 aliphatic carbocycles. The number of unbranched alkanes of at least 4 members (excludes halogenated alkanes) is 1. The van der Waals surface area contributed by atoms with Crippen molar-refractivity contribution in [3.8, 4) is 28.3 Å². The average Bonchev–Trinajstić information content (AvgIpc) is 2.80. The van der Waals surface area contributed by atoms with Crippen LogP contribution in [0.15, 0.2) is 97.6 Å². The van der Waals surface area contributed by atoms with E-state index in [1.54, 1.807) is 0 Å². The molecule has 0 aliphatic heterocycles. The molecule has 0 fully saturated rings. The zero-order chi connectivity index (χ0) is 20.8. The lowest BCUT2D eigenvalue weighted by Crippen LogP contribution is -3.00. The molecule has 0 aliphatic rings. The van der Waals surface area contributed by atoms with Gasteiger partial charge in [0.15, 0.2) is 30.5 Å². The molecule has 0 amide bonds. The second kappa shape index (κ2) is 12.2. The molecule has 4 aromatic rings. The van der Waals surface area contributed by atoms with Crippen molar-refractivity contribution in [1.82, 2.24) is 0 Å². The van der Waals surface area contributed by atoms with Crippen LogP contribution in [0.3, 0.4) is 0 Å². The second-order valence-corrected chi connectivity index (χ2v) is 7.44. The Kier molecular flexibility index (Phi) is 9.70. The van der Waals surface area contributed by atoms with Gasteiger partial charge in [-0.15, -0.1) is 0 Å². The zero-order valence-corrected chi connectivity index (χ0v) is 19.9. The summed E-state index contributed by atoms with van der Waals surface area (Å²) in [6, 6.07) is 25.2. The van der Waals surface area contributed by atoms with Crippen molar-refractivity contribution in [1.29, 1.82) is 0 Å². The Morgan fingerprint density at radius 2 is 1.16 bits per heavy atom. The number of aromatic nitrogens is 2. The number of ether oxygens (including phenoxy) is 1. The molecular weight excluding hydrogens is 439 g/mol. The van der Waals surface area contributed by atoms with E-state index in [-0.39, 0.29) is 24.8 Å². The fraction of sp³-hybridized carbons (Fsp3) is 0.185. The molecule has 0 spiro atoms. The van der Waals surface area contributed by atoms with Crippen molar-refractivity contribution >= 4 is 0 Å². The molecule has 2 aromatic carbocycles. The number of para-hydroxylation sites is 3. The van der Waals surface area contributed by atoms with E-state index >= 15 is 0 Å². The van der Waals surface area contributed by atoms with Gasteiger partial charge in [-0.05, 0) is 30.5 Å². The van der Waals surface area contributed by atoms with Gasteiger partial charge in [-0.1, -0.05) is 43.7 Å². The van der Waals surface area contributed by atoms with Gasteiger partial charge >= 0.3 is 0 Å². The number of benzene rings is 2. The summed E-state index contributed by atoms with van der Waals surface area (Å²) in [5.41, 5.74) is 5.91. The van der Waals surface area contributed by atoms with Crippen LogP contribution in [-0.4, -0.2) is 6.61 Å². The lowest BCUT2D eigenvalue weighted by atomic mass is 10.1. The van der Waals surface area contributed by atoms with E-state index in [4.69, 9.17) is 4.74 Å². The maximum Gasteiger partial charge on any atom is 0.252 e. The van der Waals surface area contributed by atoms with Crippen LogP contribution in [0.1, 0.15) is 25.3 Å². The third-order valence-corrected chi connectivity index (χ3v) is 5.28. The SMILES string of the molecule is CCCCOc1ccccc1-[n+]1ccc(-c2cc[n+](-c3ccccc3C)cc2)cc1.[Cl-].[Cl-]. The molecule has 0 saturated carbocycles. The van der Waals surface area contributed by atoms with Gasteiger partial charge in [-0.2, -0.15) is 9.13 Å². The van der Waals surface area contributed by atoms with E-state index < -0.39 is 0 Å². The molecule has 0 atom stereocenters. The predicted octanol–water partition coefficient (Wildman–Crippen LogP) is -0.598. The Labute approximate surface area is 203 Å². The standard InChI is InChI=1S/C27H28N2O.2ClH/c1-3-4-21-30-27-12-8-7-11-26(27)29-19-15-24(16-20-29)23-13-17-28(18-14-23)25-10-6-5-9-22(25)2;;/h5-20H,3-4,21H2,1-2H3;2*1H/q+2;;/p-2. The number of halogens is 2. The van der Waals surface area contributed by atoms with E-state index in [1.807, 2.05) is 18.2 Å². The lowest BCUT2D eigenvalue weighted by Gasteiger charge is -2.07. The molecule has 5 heteroatoms. The Bertz CT molecular complexity index is 1110. The number of rotatable bonds is 7. The first-order valence-corrected chi connectivity index (χ1v) is 10.6. The summed E-state index contributed by atoms with van der Waals surface area (Å²) in [6.45, 7) is 5.06. The monoisotopic (exact) mass is 466 g/mol. The summed E-state index contributed by atoms with van der Waals surface area (Å²) < 4.78 is 10.3. The summed E-state index contributed by atoms with van der Waals surface area (Å²) in [4.78, 5) is 0. The van der Waals surface area contributed by atoms with E-state index in [2.05, 4.69) is 102 Å². The largest absolute Gasteiger partial charge is 1.00 e. The summed E-state index contributed by atoms with van der Waals surface area (Å²) in [7, 11) is 0. The van der Waals surface area contributed by atoms with Crippen molar-refractivity contribution in [3.63, 3.8) is 0 Å². The summed E-state index contributed by atoms with van der Waals surface area (Å²) in [5.74, 6) is 0.919. The van der Waals surface area contributed by atoms with Crippen LogP contribution in [0.25, 0.3) is 22.5 Å². The maximum atomic E-state index is 5.99. The molecule has 0 saturated heterocycles. The smallest absolute Gasteiger partial charge is 0.252 e. The molecule has 2 aromatic heterocycles. The highest BCUT2D eigenvalue weighted by molar-refractivity contribution is 5.61. The molecule has 166 valence electrons. The molecule has 0 radical (unpaired) electrons. The van der Waals surface area contributed by atoms with Crippen LogP contribution in [0.5, 0.6) is 5.75 Å². The fourth-order valence-corrected chi connectivity index (χ4v) is 3.53. The molecule has 3 nitrogen and oxygen atoms in total. The highest BCUT2D eigenvalue weighted by Crippen LogP contribution is 2.20. The molecule has 0 unspecified atom stereocenters. The van der Waals surface area contributed by atoms with Crippen LogP contribution < -0.4 is 38.7 Å². The lowest BCUT2D eigenvalue weighted by molar-refractivity contribution is -0.596. The first-order chi connectivity index (χ1) is 14.8. The first kappa shape index (κ1) is 25.4. The van der Waals surface area contributed by atoms with E-state index in [0.29, 0.717) is 0 Å². The van der Waals surface area contributed by atoms with Crippen LogP contribution in [0.4, 0.5) is 0 Å². The minimum atomic E-state index is 0. The normalized spacial score (nSPS) is 10.1. The Morgan fingerprint density at radius 3 is 1.72 bits per heavy atom. The van der Waals surface area contributed by atoms with Gasteiger partial charge in [0, 0.05) is 42.0 Å². The van der Waals surface area contributed by atoms with Gasteiger partial charge in [-0.3, -0.25) is 0 Å². The van der Waals surface area contributed by atoms with Crippen LogP contribution >= 0.6 is 0 Å². The van der Waals surface area contributed by atoms with Gasteiger partial charge in [0.25, 0.3) is 5.69 Å². The molecule has 0 N–H and O–H groups in total. The van der Waals surface area contributed by atoms with Gasteiger partial charge in [0.2, 0.25) is 5.69 Å². The fourth-order valence-electron chi connectivity index (χ4n) is 3.53. The molecule has 4 rings (SSSR count). The molecule has 2 heterocycles. The van der Waals surface area contributed by atoms with Crippen molar-refractivity contribution in [2.75, 3.05) is 6.61 Å². The average molecular weight is 467 g/mol. The van der Waals surface area contributed by atoms with E-state index in [9.17, 15) is 0 Å². The van der Waals surface area contributed by atoms with E-state index in [1.165, 1.54) is 22.4 Å². The van der Waals surface area contributed by atoms with Gasteiger partial charge in [0.05, 0.1) is 6.61 Å². The number of nitrogens with zero attached hydrogens (tertiary/aromatic N) is 2. The summed E-state index contributed by atoms with van der Waals surface area (Å²) in [5, 5.41) is 0. The van der Waals surface area contributed by atoms with Crippen molar-refractivity contribution in [2.45, 2.75) is 26.7 Å². The number of aryl methyl sites for hydroxylation is 1. The van der Waals surface area contributed by atoms with Gasteiger partial charge < -0.3 is 29.6 Å². The minimum absolute atomic E-state index is 0. The predicted molar refractivity (Wildman–Crippen MR) is 120 cm³/mol. The third kappa shape index (κ3) is 5.87. The first-order valence-electron chi connectivity index (χ1n) is 10.6. The van der Waals surface area contributed by atoms with Crippen molar-refractivity contribution in [2.24, 2.45) is 0 Å². The second-order valence-electron chi connectivity index (χ2n) is 7.44. The Morgan fingerprint density at radius 1 is 0.656 bits per heavy atom. The van der Waals surface area contributed by atoms with E-state index in [0.717, 1.165) is 30.9 Å². The summed E-state index contributed by atoms with van der Waals surface area (Å²) >= 11 is 0. The zero-order valence-electron chi connectivity index (χ0n) is 18.4. The maximum absolute atomic E-state index is 5.99. The number of hydrogen-bond acceptors (Lipinski definition) is 1. The third-order valence-electron chi connectivity index (χ3n) is 5.28. The highest BCUT2D eigenvalue weighted by Gasteiger charge is 2.14.